The highest BCUT2D eigenvalue weighted by Crippen LogP contribution is 2.23. The molecule has 27 heteroatoms. The van der Waals surface area contributed by atoms with Crippen LogP contribution >= 0.6 is 0 Å². The van der Waals surface area contributed by atoms with E-state index in [0.29, 0.717) is 77.2 Å². The summed E-state index contributed by atoms with van der Waals surface area (Å²) in [7, 11) is 8.38. The molecule has 0 saturated carbocycles. The average molecular weight is 1390 g/mol. The van der Waals surface area contributed by atoms with Gasteiger partial charge in [-0.25, -0.2) is 4.79 Å². The number of morpholine rings is 1. The molecule has 9 atom stereocenters. The second-order valence-electron chi connectivity index (χ2n) is 29.2. The minimum absolute atomic E-state index is 0.0489. The van der Waals surface area contributed by atoms with E-state index in [0.717, 1.165) is 21.1 Å². The van der Waals surface area contributed by atoms with Crippen LogP contribution in [0.3, 0.4) is 0 Å². The Kier molecular flexibility index (Phi) is 34.7. The molecule has 0 radical (unpaired) electrons. The first-order valence-electron chi connectivity index (χ1n) is 36.0. The summed E-state index contributed by atoms with van der Waals surface area (Å²) in [4.78, 5) is 193. The molecule has 13 amide bonds. The summed E-state index contributed by atoms with van der Waals surface area (Å²) in [6, 6.07) is -4.24. The van der Waals surface area contributed by atoms with Crippen molar-refractivity contribution in [2.24, 2.45) is 29.6 Å². The maximum absolute atomic E-state index is 15.7. The number of unbranched alkanes of at least 4 members (excludes halogenated alkanes) is 1. The summed E-state index contributed by atoms with van der Waals surface area (Å²) in [5, 5.41) is 11.4. The fourth-order valence-electron chi connectivity index (χ4n) is 12.8. The molecule has 3 aliphatic heterocycles. The first-order valence-corrected chi connectivity index (χ1v) is 36.0. The monoisotopic (exact) mass is 1390 g/mol. The molecule has 99 heavy (non-hydrogen) atoms. The molecular formula is C72H121N13O14. The van der Waals surface area contributed by atoms with Gasteiger partial charge in [-0.05, 0) is 92.9 Å². The molecule has 0 bridgehead atoms. The Morgan fingerprint density at radius 1 is 0.525 bits per heavy atom. The second kappa shape index (κ2) is 40.9. The third-order valence-corrected chi connectivity index (χ3v) is 18.8. The number of likely N-dealkylation sites (N-methyl/N-ethyl adjacent to an activating group) is 6. The standard InChI is InChI=1S/C72H121N13O14/c1-19-21-32-85-67(92)53(45-99-38-35-83-33-36-98-37-34-83)74-64(89)56(41-48(7)8)81(17)70(95)60(50(11)12)75-62(87)54(20-2)78(14)59(86)44-77(13)69(94)61(71(96)84-30-26-23-27-31-84)76-65(90)57(42-49(9)10)79(15)66(91)52(39-46(3)4)73-63(88)55(40-47(5)6)80(16)68(93)58(82(18)72(85)97)43-51-28-24-22-25-29-51/h22,24-25,28-29,46-50,52-58,60-61H,19-21,23,26-27,30-45H2,1-18H3,(H,73,88)(H,74,89)(H,75,87)(H,76,90)/t52-,53-,54-,55-,56-,57?,58-,60?,61-/m0/s1. The van der Waals surface area contributed by atoms with Gasteiger partial charge in [0.05, 0.1) is 33.0 Å². The van der Waals surface area contributed by atoms with Gasteiger partial charge in [-0.15, -0.1) is 0 Å². The molecule has 27 nitrogen and oxygen atoms in total. The van der Waals surface area contributed by atoms with Crippen LogP contribution in [-0.4, -0.2) is 284 Å². The minimum Gasteiger partial charge on any atom is -0.379 e. The third kappa shape index (κ3) is 24.8. The number of piperidine rings is 1. The van der Waals surface area contributed by atoms with Crippen LogP contribution in [0.25, 0.3) is 0 Å². The van der Waals surface area contributed by atoms with Crippen LogP contribution in [-0.2, 0) is 68.6 Å². The van der Waals surface area contributed by atoms with Gasteiger partial charge in [0.15, 0.2) is 6.04 Å². The number of carbonyl (C=O) groups is 12. The highest BCUT2D eigenvalue weighted by Gasteiger charge is 2.45. The first-order chi connectivity index (χ1) is 46.7. The van der Waals surface area contributed by atoms with Crippen LogP contribution in [0.2, 0.25) is 0 Å². The molecule has 558 valence electrons. The van der Waals surface area contributed by atoms with Crippen LogP contribution < -0.4 is 21.3 Å². The fraction of sp³-hybridized carbons (Fsp3) is 0.750. The van der Waals surface area contributed by atoms with Gasteiger partial charge in [0.1, 0.15) is 48.3 Å². The van der Waals surface area contributed by atoms with Crippen molar-refractivity contribution in [3.63, 3.8) is 0 Å². The van der Waals surface area contributed by atoms with Crippen molar-refractivity contribution in [1.82, 2.24) is 65.4 Å². The number of amides is 13. The van der Waals surface area contributed by atoms with E-state index in [1.807, 2.05) is 62.3 Å². The Bertz CT molecular complexity index is 2850. The normalized spacial score (nSPS) is 25.1. The molecule has 0 spiro atoms. The maximum atomic E-state index is 15.7. The smallest absolute Gasteiger partial charge is 0.327 e. The number of rotatable bonds is 21. The summed E-state index contributed by atoms with van der Waals surface area (Å²) in [6.45, 7) is 24.2. The summed E-state index contributed by atoms with van der Waals surface area (Å²) in [5.74, 6) is -9.68. The number of urea groups is 1. The lowest BCUT2D eigenvalue weighted by Gasteiger charge is -2.38. The second-order valence-corrected chi connectivity index (χ2v) is 29.2. The van der Waals surface area contributed by atoms with Crippen LogP contribution in [0, 0.1) is 29.6 Å². The maximum Gasteiger partial charge on any atom is 0.327 e. The lowest BCUT2D eigenvalue weighted by Crippen LogP contribution is -2.63. The Morgan fingerprint density at radius 3 is 1.55 bits per heavy atom. The summed E-state index contributed by atoms with van der Waals surface area (Å²) in [6.07, 6.45) is 3.25. The highest BCUT2D eigenvalue weighted by atomic mass is 16.5. The van der Waals surface area contributed by atoms with Crippen molar-refractivity contribution >= 4 is 71.0 Å². The van der Waals surface area contributed by atoms with Gasteiger partial charge in [0, 0.05) is 88.0 Å². The van der Waals surface area contributed by atoms with Gasteiger partial charge in [-0.3, -0.25) is 62.5 Å². The van der Waals surface area contributed by atoms with Crippen molar-refractivity contribution < 1.29 is 67.0 Å². The molecule has 3 heterocycles. The number of likely N-dealkylation sites (tertiary alicyclic amines) is 1. The molecule has 4 N–H and O–H groups in total. The van der Waals surface area contributed by atoms with E-state index < -0.39 is 144 Å². The van der Waals surface area contributed by atoms with Gasteiger partial charge < -0.3 is 65.0 Å². The Morgan fingerprint density at radius 2 is 1.03 bits per heavy atom. The number of imide groups is 1. The van der Waals surface area contributed by atoms with Gasteiger partial charge in [-0.1, -0.05) is 120 Å². The first kappa shape index (κ1) is 84.2. The molecule has 1 aromatic rings. The van der Waals surface area contributed by atoms with Crippen molar-refractivity contribution in [2.45, 2.75) is 208 Å². The molecule has 3 fully saturated rings. The Hall–Kier alpha value is -7.26. The molecule has 0 aliphatic carbocycles. The number of hydrogen-bond donors (Lipinski definition) is 4. The van der Waals surface area contributed by atoms with E-state index in [2.05, 4.69) is 26.2 Å². The molecule has 4 rings (SSSR count). The van der Waals surface area contributed by atoms with Crippen molar-refractivity contribution in [1.29, 1.82) is 0 Å². The topological polar surface area (TPSA) is 301 Å². The van der Waals surface area contributed by atoms with E-state index in [1.54, 1.807) is 51.1 Å². The summed E-state index contributed by atoms with van der Waals surface area (Å²) >= 11 is 0. The lowest BCUT2D eigenvalue weighted by molar-refractivity contribution is -0.151. The fourth-order valence-corrected chi connectivity index (χ4v) is 12.8. The van der Waals surface area contributed by atoms with Crippen LogP contribution in [0.1, 0.15) is 153 Å². The number of ether oxygens (including phenoxy) is 2. The minimum atomic E-state index is -1.85. The van der Waals surface area contributed by atoms with Gasteiger partial charge >= 0.3 is 6.03 Å². The summed E-state index contributed by atoms with van der Waals surface area (Å²) in [5.41, 5.74) is 0.646. The molecule has 3 saturated heterocycles. The van der Waals surface area contributed by atoms with Gasteiger partial charge in [0.25, 0.3) is 17.7 Å². The number of hydrogen-bond acceptors (Lipinski definition) is 15. The van der Waals surface area contributed by atoms with E-state index in [4.69, 9.17) is 9.47 Å². The number of benzene rings is 1. The summed E-state index contributed by atoms with van der Waals surface area (Å²) < 4.78 is 11.8. The molecular weight excluding hydrogens is 1270 g/mol. The van der Waals surface area contributed by atoms with Gasteiger partial charge in [-0.2, -0.15) is 0 Å². The Labute approximate surface area is 589 Å². The zero-order chi connectivity index (χ0) is 74.1. The zero-order valence-corrected chi connectivity index (χ0v) is 62.8. The molecule has 3 aliphatic rings. The largest absolute Gasteiger partial charge is 0.379 e. The number of nitrogens with zero attached hydrogens (tertiary/aromatic N) is 9. The van der Waals surface area contributed by atoms with E-state index in [-0.39, 0.29) is 75.3 Å². The van der Waals surface area contributed by atoms with Crippen LogP contribution in [0.15, 0.2) is 30.3 Å². The quantitative estimate of drug-likeness (QED) is 0.101. The van der Waals surface area contributed by atoms with Gasteiger partial charge in [0.2, 0.25) is 47.3 Å². The third-order valence-electron chi connectivity index (χ3n) is 18.8. The van der Waals surface area contributed by atoms with E-state index in [1.165, 1.54) is 66.8 Å². The average Bonchev–Trinajstić information content (AvgIpc) is 0.819. The Balaban J connectivity index is 1.99. The van der Waals surface area contributed by atoms with Crippen LogP contribution in [0.4, 0.5) is 4.79 Å². The molecule has 2 unspecified atom stereocenters. The van der Waals surface area contributed by atoms with Crippen molar-refractivity contribution in [3.8, 4) is 0 Å². The van der Waals surface area contributed by atoms with E-state index >= 15 is 38.4 Å². The molecule has 1 aromatic carbocycles. The highest BCUT2D eigenvalue weighted by molar-refractivity contribution is 6.08. The van der Waals surface area contributed by atoms with E-state index in [9.17, 15) is 19.2 Å². The zero-order valence-electron chi connectivity index (χ0n) is 62.8. The van der Waals surface area contributed by atoms with Crippen molar-refractivity contribution in [3.05, 3.63) is 35.9 Å². The lowest BCUT2D eigenvalue weighted by atomic mass is 9.96. The SMILES string of the molecule is CCCCN1C(=O)[C@H](COCCN2CCOCC2)NC(=O)[C@H](CC(C)C)N(C)C(=O)C(C(C)C)NC(=O)[C@H](CC)N(C)C(=O)CN(C)C(=O)[C@@H](C(=O)N2CCCCC2)NC(=O)C(CC(C)C)N(C)C(=O)[C@H](CC(C)C)NC(=O)[C@H](CC(C)C)N(C)C(=O)[C@H](Cc2ccccc2)N(C)C1=O. The number of nitrogens with one attached hydrogen (secondary N) is 4. The predicted octanol–water partition coefficient (Wildman–Crippen LogP) is 3.61. The van der Waals surface area contributed by atoms with Crippen LogP contribution in [0.5, 0.6) is 0 Å². The predicted molar refractivity (Wildman–Crippen MR) is 377 cm³/mol. The number of carbonyl (C=O) groups excluding carboxylic acids is 12. The molecule has 0 aromatic heterocycles. The van der Waals surface area contributed by atoms with Crippen molar-refractivity contribution in [2.75, 3.05) is 115 Å².